The van der Waals surface area contributed by atoms with Crippen molar-refractivity contribution in [1.82, 2.24) is 4.90 Å². The van der Waals surface area contributed by atoms with Gasteiger partial charge in [-0.2, -0.15) is 0 Å². The van der Waals surface area contributed by atoms with Crippen LogP contribution in [0.15, 0.2) is 24.3 Å². The molecule has 0 aromatic heterocycles. The van der Waals surface area contributed by atoms with Crippen LogP contribution in [0, 0.1) is 12.8 Å². The van der Waals surface area contributed by atoms with Gasteiger partial charge in [0.1, 0.15) is 0 Å². The summed E-state index contributed by atoms with van der Waals surface area (Å²) in [6.07, 6.45) is 5.04. The first kappa shape index (κ1) is 16.3. The first-order valence-electron chi connectivity index (χ1n) is 7.78. The maximum absolute atomic E-state index is 12.7. The van der Waals surface area contributed by atoms with Crippen molar-refractivity contribution in [2.24, 2.45) is 11.7 Å². The summed E-state index contributed by atoms with van der Waals surface area (Å²) < 4.78 is 0. The second-order valence-electron chi connectivity index (χ2n) is 6.37. The fourth-order valence-electron chi connectivity index (χ4n) is 3.73. The maximum atomic E-state index is 12.7. The quantitative estimate of drug-likeness (QED) is 0.912. The Bertz CT molecular complexity index is 505. The van der Waals surface area contributed by atoms with Crippen LogP contribution in [-0.2, 0) is 4.79 Å². The van der Waals surface area contributed by atoms with Gasteiger partial charge in [0.05, 0.1) is 6.04 Å². The number of carbonyl (C=O) groups excluding carboxylic acids is 1. The average Bonchev–Trinajstić information content (AvgIpc) is 3.06. The Hall–Kier alpha value is -1.06. The molecule has 3 unspecified atom stereocenters. The van der Waals surface area contributed by atoms with E-state index in [0.29, 0.717) is 5.91 Å². The van der Waals surface area contributed by atoms with E-state index in [1.165, 1.54) is 11.1 Å². The van der Waals surface area contributed by atoms with E-state index < -0.39 is 0 Å². The first-order valence-corrected chi connectivity index (χ1v) is 7.78. The summed E-state index contributed by atoms with van der Waals surface area (Å²) in [7, 11) is 0. The van der Waals surface area contributed by atoms with Crippen LogP contribution in [0.1, 0.15) is 49.3 Å². The minimum absolute atomic E-state index is 0. The Kier molecular flexibility index (Phi) is 5.28. The van der Waals surface area contributed by atoms with Crippen LogP contribution in [0.4, 0.5) is 0 Å². The number of halogens is 1. The number of likely N-dealkylation sites (tertiary alicyclic amines) is 1. The van der Waals surface area contributed by atoms with Crippen LogP contribution in [0.25, 0.3) is 0 Å². The predicted molar refractivity (Wildman–Crippen MR) is 87.4 cm³/mol. The molecular formula is C17H25ClN2O. The smallest absolute Gasteiger partial charge is 0.226 e. The maximum Gasteiger partial charge on any atom is 0.226 e. The highest BCUT2D eigenvalue weighted by Gasteiger charge is 2.36. The highest BCUT2D eigenvalue weighted by Crippen LogP contribution is 2.36. The zero-order valence-corrected chi connectivity index (χ0v) is 13.4. The van der Waals surface area contributed by atoms with Gasteiger partial charge in [0.2, 0.25) is 5.91 Å². The summed E-state index contributed by atoms with van der Waals surface area (Å²) in [5, 5.41) is 0. The lowest BCUT2D eigenvalue weighted by atomic mass is 10.0. The van der Waals surface area contributed by atoms with Gasteiger partial charge in [0, 0.05) is 18.5 Å². The summed E-state index contributed by atoms with van der Waals surface area (Å²) >= 11 is 0. The van der Waals surface area contributed by atoms with E-state index in [1.807, 2.05) is 0 Å². The van der Waals surface area contributed by atoms with Crippen molar-refractivity contribution in [2.45, 2.75) is 51.1 Å². The molecule has 21 heavy (non-hydrogen) atoms. The molecule has 1 aliphatic heterocycles. The zero-order chi connectivity index (χ0) is 14.1. The van der Waals surface area contributed by atoms with E-state index in [2.05, 4.69) is 36.1 Å². The van der Waals surface area contributed by atoms with Gasteiger partial charge in [0.25, 0.3) is 0 Å². The van der Waals surface area contributed by atoms with Gasteiger partial charge in [0.15, 0.2) is 0 Å². The fourth-order valence-corrected chi connectivity index (χ4v) is 3.73. The molecule has 116 valence electrons. The normalized spacial score (nSPS) is 28.5. The Labute approximate surface area is 133 Å². The third-order valence-corrected chi connectivity index (χ3v) is 4.79. The molecule has 1 aliphatic carbocycles. The van der Waals surface area contributed by atoms with Gasteiger partial charge < -0.3 is 10.6 Å². The molecule has 1 saturated heterocycles. The molecule has 0 spiro atoms. The lowest BCUT2D eigenvalue weighted by molar-refractivity contribution is -0.136. The molecule has 3 nitrogen and oxygen atoms in total. The van der Waals surface area contributed by atoms with Crippen LogP contribution in [0.2, 0.25) is 0 Å². The Balaban J connectivity index is 0.00000161. The number of hydrogen-bond donors (Lipinski definition) is 1. The van der Waals surface area contributed by atoms with Crippen molar-refractivity contribution >= 4 is 18.3 Å². The van der Waals surface area contributed by atoms with Crippen molar-refractivity contribution < 1.29 is 4.79 Å². The third kappa shape index (κ3) is 3.41. The molecule has 2 fully saturated rings. The lowest BCUT2D eigenvalue weighted by Gasteiger charge is -2.28. The average molecular weight is 309 g/mol. The number of rotatable bonds is 2. The molecule has 1 heterocycles. The van der Waals surface area contributed by atoms with Crippen LogP contribution >= 0.6 is 12.4 Å². The summed E-state index contributed by atoms with van der Waals surface area (Å²) in [6.45, 7) is 3.02. The number of nitrogens with two attached hydrogens (primary N) is 1. The van der Waals surface area contributed by atoms with Gasteiger partial charge in [-0.1, -0.05) is 29.8 Å². The Morgan fingerprint density at radius 1 is 1.29 bits per heavy atom. The third-order valence-electron chi connectivity index (χ3n) is 4.79. The monoisotopic (exact) mass is 308 g/mol. The topological polar surface area (TPSA) is 46.3 Å². The van der Waals surface area contributed by atoms with Gasteiger partial charge in [-0.3, -0.25) is 4.79 Å². The molecular weight excluding hydrogens is 284 g/mol. The van der Waals surface area contributed by atoms with Gasteiger partial charge in [-0.25, -0.2) is 0 Å². The van der Waals surface area contributed by atoms with Crippen molar-refractivity contribution in [2.75, 3.05) is 6.54 Å². The molecule has 2 N–H and O–H groups in total. The number of amides is 1. The number of carbonyl (C=O) groups is 1. The second kappa shape index (κ2) is 6.80. The molecule has 3 rings (SSSR count). The number of benzene rings is 1. The van der Waals surface area contributed by atoms with Crippen molar-refractivity contribution in [3.8, 4) is 0 Å². The molecule has 0 bridgehead atoms. The van der Waals surface area contributed by atoms with Crippen molar-refractivity contribution in [1.29, 1.82) is 0 Å². The predicted octanol–water partition coefficient (Wildman–Crippen LogP) is 3.21. The highest BCUT2D eigenvalue weighted by atomic mass is 35.5. The summed E-state index contributed by atoms with van der Waals surface area (Å²) in [5.74, 6) is 0.498. The molecule has 0 radical (unpaired) electrons. The number of hydrogen-bond acceptors (Lipinski definition) is 2. The summed E-state index contributed by atoms with van der Waals surface area (Å²) in [4.78, 5) is 14.8. The van der Waals surface area contributed by atoms with E-state index in [-0.39, 0.29) is 30.4 Å². The molecule has 3 atom stereocenters. The number of nitrogens with zero attached hydrogens (tertiary/aromatic N) is 1. The van der Waals surface area contributed by atoms with Crippen molar-refractivity contribution in [3.63, 3.8) is 0 Å². The largest absolute Gasteiger partial charge is 0.335 e. The van der Waals surface area contributed by atoms with Crippen LogP contribution < -0.4 is 5.73 Å². The molecule has 1 saturated carbocycles. The van der Waals surface area contributed by atoms with E-state index in [9.17, 15) is 4.79 Å². The molecule has 1 aromatic rings. The second-order valence-corrected chi connectivity index (χ2v) is 6.37. The van der Waals surface area contributed by atoms with E-state index in [0.717, 1.165) is 38.6 Å². The van der Waals surface area contributed by atoms with Crippen LogP contribution in [0.3, 0.4) is 0 Å². The van der Waals surface area contributed by atoms with E-state index in [1.54, 1.807) is 0 Å². The van der Waals surface area contributed by atoms with Gasteiger partial charge >= 0.3 is 0 Å². The van der Waals surface area contributed by atoms with Gasteiger partial charge in [-0.15, -0.1) is 12.4 Å². The minimum Gasteiger partial charge on any atom is -0.335 e. The standard InChI is InChI=1S/C17H24N2O.ClH/c1-12-4-2-5-13(10-12)16-6-3-9-19(16)17(20)14-7-8-15(18)11-14;/h2,4-5,10,14-16H,3,6-9,11,18H2,1H3;1H. The number of aryl methyl sites for hydroxylation is 1. The molecule has 2 aliphatic rings. The van der Waals surface area contributed by atoms with Crippen LogP contribution in [-0.4, -0.2) is 23.4 Å². The van der Waals surface area contributed by atoms with Crippen molar-refractivity contribution in [3.05, 3.63) is 35.4 Å². The fraction of sp³-hybridized carbons (Fsp3) is 0.588. The molecule has 1 aromatic carbocycles. The summed E-state index contributed by atoms with van der Waals surface area (Å²) in [6, 6.07) is 9.08. The molecule has 4 heteroatoms. The van der Waals surface area contributed by atoms with Crippen LogP contribution in [0.5, 0.6) is 0 Å². The highest BCUT2D eigenvalue weighted by molar-refractivity contribution is 5.85. The zero-order valence-electron chi connectivity index (χ0n) is 12.6. The SMILES string of the molecule is Cc1cccc(C2CCCN2C(=O)C2CCC(N)C2)c1.Cl. The van der Waals surface area contributed by atoms with E-state index in [4.69, 9.17) is 5.73 Å². The molecule has 1 amide bonds. The van der Waals surface area contributed by atoms with E-state index >= 15 is 0 Å². The lowest BCUT2D eigenvalue weighted by Crippen LogP contribution is -2.35. The Morgan fingerprint density at radius 2 is 2.10 bits per heavy atom. The first-order chi connectivity index (χ1) is 9.65. The Morgan fingerprint density at radius 3 is 2.76 bits per heavy atom. The minimum atomic E-state index is 0. The summed E-state index contributed by atoms with van der Waals surface area (Å²) in [5.41, 5.74) is 8.51. The van der Waals surface area contributed by atoms with Gasteiger partial charge in [-0.05, 0) is 44.6 Å².